The Labute approximate surface area is 118 Å². The van der Waals surface area contributed by atoms with Crippen LogP contribution in [0.25, 0.3) is 0 Å². The number of aromatic nitrogens is 1. The molecule has 1 aliphatic rings. The van der Waals surface area contributed by atoms with Crippen molar-refractivity contribution < 1.29 is 14.4 Å². The summed E-state index contributed by atoms with van der Waals surface area (Å²) in [4.78, 5) is 40.9. The van der Waals surface area contributed by atoms with Crippen molar-refractivity contribution in [3.05, 3.63) is 46.5 Å². The van der Waals surface area contributed by atoms with Crippen molar-refractivity contribution in [3.63, 3.8) is 0 Å². The number of Topliss-reactive ketones (excluding diaryl/α,β-unsaturated/α-hetero) is 1. The first-order chi connectivity index (χ1) is 9.58. The Balaban J connectivity index is 2.04. The lowest BCUT2D eigenvalue weighted by atomic mass is 9.99. The first kappa shape index (κ1) is 12.7. The summed E-state index contributed by atoms with van der Waals surface area (Å²) >= 11 is 1.12. The Kier molecular flexibility index (Phi) is 2.94. The largest absolute Gasteiger partial charge is 0.293 e. The second-order valence-electron chi connectivity index (χ2n) is 4.44. The van der Waals surface area contributed by atoms with Crippen LogP contribution in [0.3, 0.4) is 0 Å². The van der Waals surface area contributed by atoms with Crippen LogP contribution in [-0.4, -0.2) is 22.6 Å². The molecule has 0 radical (unpaired) electrons. The number of amides is 2. The quantitative estimate of drug-likeness (QED) is 0.626. The number of imide groups is 1. The molecular formula is C14H10N2O3S. The summed E-state index contributed by atoms with van der Waals surface area (Å²) in [7, 11) is 0. The molecular weight excluding hydrogens is 276 g/mol. The van der Waals surface area contributed by atoms with Crippen LogP contribution < -0.4 is 4.90 Å². The molecule has 5 nitrogen and oxygen atoms in total. The lowest BCUT2D eigenvalue weighted by Crippen LogP contribution is -2.42. The van der Waals surface area contributed by atoms with Gasteiger partial charge in [-0.25, -0.2) is 9.88 Å². The number of ketones is 1. The maximum Gasteiger partial charge on any atom is 0.267 e. The van der Waals surface area contributed by atoms with Crippen molar-refractivity contribution in [2.24, 2.45) is 0 Å². The average molecular weight is 286 g/mol. The van der Waals surface area contributed by atoms with Gasteiger partial charge in [0.05, 0.1) is 6.42 Å². The fourth-order valence-electron chi connectivity index (χ4n) is 2.08. The molecule has 1 aliphatic heterocycles. The zero-order valence-electron chi connectivity index (χ0n) is 10.6. The van der Waals surface area contributed by atoms with Crippen LogP contribution in [0.15, 0.2) is 29.6 Å². The fraction of sp³-hybridized carbons (Fsp3) is 0.143. The molecule has 3 rings (SSSR count). The van der Waals surface area contributed by atoms with Gasteiger partial charge in [-0.3, -0.25) is 14.4 Å². The maximum absolute atomic E-state index is 12.4. The predicted molar refractivity (Wildman–Crippen MR) is 74.1 cm³/mol. The number of benzene rings is 1. The van der Waals surface area contributed by atoms with Gasteiger partial charge in [0.25, 0.3) is 5.91 Å². The molecule has 2 amide bonds. The Morgan fingerprint density at radius 3 is 2.75 bits per heavy atom. The Hall–Kier alpha value is -2.34. The van der Waals surface area contributed by atoms with Crippen molar-refractivity contribution in [3.8, 4) is 0 Å². The highest BCUT2D eigenvalue weighted by Gasteiger charge is 2.33. The first-order valence-electron chi connectivity index (χ1n) is 5.99. The zero-order valence-corrected chi connectivity index (χ0v) is 11.4. The SMILES string of the molecule is CC(=O)c1csc(N2C(=O)Cc3ccccc3C2=O)n1. The van der Waals surface area contributed by atoms with Crippen molar-refractivity contribution in [1.29, 1.82) is 0 Å². The molecule has 0 saturated heterocycles. The number of fused-ring (bicyclic) bond motifs is 1. The van der Waals surface area contributed by atoms with E-state index in [0.29, 0.717) is 5.56 Å². The van der Waals surface area contributed by atoms with Crippen LogP contribution in [0.5, 0.6) is 0 Å². The highest BCUT2D eigenvalue weighted by Crippen LogP contribution is 2.28. The Morgan fingerprint density at radius 2 is 2.05 bits per heavy atom. The molecule has 0 aliphatic carbocycles. The number of thiazole rings is 1. The number of nitrogens with zero attached hydrogens (tertiary/aromatic N) is 2. The first-order valence-corrected chi connectivity index (χ1v) is 6.87. The highest BCUT2D eigenvalue weighted by molar-refractivity contribution is 7.14. The topological polar surface area (TPSA) is 67.3 Å². The lowest BCUT2D eigenvalue weighted by molar-refractivity contribution is -0.117. The van der Waals surface area contributed by atoms with Gasteiger partial charge in [0, 0.05) is 17.9 Å². The van der Waals surface area contributed by atoms with Crippen LogP contribution in [0.4, 0.5) is 5.13 Å². The number of rotatable bonds is 2. The van der Waals surface area contributed by atoms with Gasteiger partial charge >= 0.3 is 0 Å². The summed E-state index contributed by atoms with van der Waals surface area (Å²) in [5.74, 6) is -0.899. The number of anilines is 1. The van der Waals surface area contributed by atoms with Crippen molar-refractivity contribution in [2.75, 3.05) is 4.90 Å². The van der Waals surface area contributed by atoms with Gasteiger partial charge in [-0.05, 0) is 11.6 Å². The zero-order chi connectivity index (χ0) is 14.3. The van der Waals surface area contributed by atoms with E-state index in [2.05, 4.69) is 4.98 Å². The van der Waals surface area contributed by atoms with E-state index in [0.717, 1.165) is 21.8 Å². The molecule has 0 unspecified atom stereocenters. The Bertz CT molecular complexity index is 736. The van der Waals surface area contributed by atoms with Crippen LogP contribution in [0.2, 0.25) is 0 Å². The van der Waals surface area contributed by atoms with E-state index in [9.17, 15) is 14.4 Å². The van der Waals surface area contributed by atoms with Gasteiger partial charge in [-0.2, -0.15) is 0 Å². The molecule has 2 aromatic rings. The minimum Gasteiger partial charge on any atom is -0.293 e. The summed E-state index contributed by atoms with van der Waals surface area (Å²) in [5.41, 5.74) is 1.50. The van der Waals surface area contributed by atoms with E-state index >= 15 is 0 Å². The number of hydrogen-bond acceptors (Lipinski definition) is 5. The number of carbonyl (C=O) groups is 3. The third-order valence-corrected chi connectivity index (χ3v) is 3.91. The van der Waals surface area contributed by atoms with E-state index in [1.54, 1.807) is 29.6 Å². The summed E-state index contributed by atoms with van der Waals surface area (Å²) in [5, 5.41) is 1.80. The molecule has 0 fully saturated rings. The molecule has 0 saturated carbocycles. The summed E-state index contributed by atoms with van der Waals surface area (Å²) in [6.45, 7) is 1.40. The third kappa shape index (κ3) is 1.94. The standard InChI is InChI=1S/C14H10N2O3S/c1-8(17)11-7-20-14(15-11)16-12(18)6-9-4-2-3-5-10(9)13(16)19/h2-5,7H,6H2,1H3. The summed E-state index contributed by atoms with van der Waals surface area (Å²) < 4.78 is 0. The smallest absolute Gasteiger partial charge is 0.267 e. The van der Waals surface area contributed by atoms with Crippen molar-refractivity contribution in [1.82, 2.24) is 4.98 Å². The lowest BCUT2D eigenvalue weighted by Gasteiger charge is -2.24. The van der Waals surface area contributed by atoms with Gasteiger partial charge in [-0.1, -0.05) is 18.2 Å². The summed E-state index contributed by atoms with van der Waals surface area (Å²) in [6.07, 6.45) is 0.164. The molecule has 1 aromatic heterocycles. The van der Waals surface area contributed by atoms with Gasteiger partial charge in [0.2, 0.25) is 5.91 Å². The molecule has 2 heterocycles. The van der Waals surface area contributed by atoms with E-state index in [1.165, 1.54) is 6.92 Å². The molecule has 0 bridgehead atoms. The van der Waals surface area contributed by atoms with E-state index < -0.39 is 0 Å². The second-order valence-corrected chi connectivity index (χ2v) is 5.28. The number of hydrogen-bond donors (Lipinski definition) is 0. The molecule has 1 aromatic carbocycles. The molecule has 0 spiro atoms. The Morgan fingerprint density at radius 1 is 1.30 bits per heavy atom. The van der Waals surface area contributed by atoms with Gasteiger partial charge in [0.1, 0.15) is 5.69 Å². The normalized spacial score (nSPS) is 14.3. The van der Waals surface area contributed by atoms with Crippen molar-refractivity contribution in [2.45, 2.75) is 13.3 Å². The van der Waals surface area contributed by atoms with Gasteiger partial charge in [-0.15, -0.1) is 11.3 Å². The highest BCUT2D eigenvalue weighted by atomic mass is 32.1. The molecule has 6 heteroatoms. The molecule has 100 valence electrons. The monoisotopic (exact) mass is 286 g/mol. The third-order valence-electron chi connectivity index (χ3n) is 3.09. The average Bonchev–Trinajstić information content (AvgIpc) is 2.88. The van der Waals surface area contributed by atoms with Crippen LogP contribution in [0, 0.1) is 0 Å². The minimum atomic E-state index is -0.388. The minimum absolute atomic E-state index is 0.164. The second kappa shape index (κ2) is 4.64. The van der Waals surface area contributed by atoms with Crippen LogP contribution >= 0.6 is 11.3 Å². The maximum atomic E-state index is 12.4. The fourth-order valence-corrected chi connectivity index (χ4v) is 2.96. The summed E-state index contributed by atoms with van der Waals surface area (Å²) in [6, 6.07) is 7.02. The van der Waals surface area contributed by atoms with E-state index in [4.69, 9.17) is 0 Å². The van der Waals surface area contributed by atoms with E-state index in [1.807, 2.05) is 0 Å². The van der Waals surface area contributed by atoms with E-state index in [-0.39, 0.29) is 34.8 Å². The van der Waals surface area contributed by atoms with Gasteiger partial charge < -0.3 is 0 Å². The van der Waals surface area contributed by atoms with Crippen LogP contribution in [0.1, 0.15) is 33.3 Å². The molecule has 0 N–H and O–H groups in total. The van der Waals surface area contributed by atoms with Crippen LogP contribution in [-0.2, 0) is 11.2 Å². The van der Waals surface area contributed by atoms with Gasteiger partial charge in [0.15, 0.2) is 10.9 Å². The predicted octanol–water partition coefficient (Wildman–Crippen LogP) is 2.08. The van der Waals surface area contributed by atoms with Crippen molar-refractivity contribution >= 4 is 34.1 Å². The molecule has 0 atom stereocenters. The number of carbonyl (C=O) groups excluding carboxylic acids is 3. The molecule has 20 heavy (non-hydrogen) atoms.